The fraction of sp³-hybridized carbons (Fsp3) is 0.632. The molecule has 2 aliphatic rings. The Bertz CT molecular complexity index is 529. The molecule has 1 aliphatic heterocycles. The highest BCUT2D eigenvalue weighted by Crippen LogP contribution is 2.28. The van der Waals surface area contributed by atoms with Crippen LogP contribution in [0, 0.1) is 5.92 Å². The number of aliphatic hydroxyl groups excluding tert-OH is 1. The first kappa shape index (κ1) is 17.4. The van der Waals surface area contributed by atoms with E-state index in [1.807, 2.05) is 11.0 Å². The number of ether oxygens (including phenoxy) is 1. The molecule has 0 aromatic heterocycles. The molecule has 1 aliphatic carbocycles. The van der Waals surface area contributed by atoms with Gasteiger partial charge in [0.2, 0.25) is 5.91 Å². The summed E-state index contributed by atoms with van der Waals surface area (Å²) in [5.74, 6) is 0.238. The number of aliphatic hydroxyl groups is 1. The Morgan fingerprint density at radius 1 is 1.17 bits per heavy atom. The number of methoxy groups -OCH3 is 1. The molecule has 1 amide bonds. The first-order valence-corrected chi connectivity index (χ1v) is 8.93. The summed E-state index contributed by atoms with van der Waals surface area (Å²) in [6.45, 7) is 4.38. The molecule has 5 heteroatoms. The molecule has 3 atom stereocenters. The number of carbonyl (C=O) groups is 1. The van der Waals surface area contributed by atoms with Crippen LogP contribution in [0.4, 0.5) is 0 Å². The van der Waals surface area contributed by atoms with E-state index < -0.39 is 6.10 Å². The summed E-state index contributed by atoms with van der Waals surface area (Å²) >= 11 is 0. The molecule has 1 aromatic rings. The van der Waals surface area contributed by atoms with Gasteiger partial charge >= 0.3 is 0 Å². The number of nitrogens with zero attached hydrogens (tertiary/aromatic N) is 2. The topological polar surface area (TPSA) is 53.0 Å². The lowest BCUT2D eigenvalue weighted by molar-refractivity contribution is -0.142. The molecule has 1 N–H and O–H groups in total. The zero-order valence-electron chi connectivity index (χ0n) is 14.4. The Morgan fingerprint density at radius 2 is 1.88 bits per heavy atom. The van der Waals surface area contributed by atoms with E-state index in [9.17, 15) is 9.90 Å². The van der Waals surface area contributed by atoms with Gasteiger partial charge in [0.15, 0.2) is 0 Å². The fourth-order valence-corrected chi connectivity index (χ4v) is 3.82. The Kier molecular flexibility index (Phi) is 5.87. The molecule has 132 valence electrons. The number of carbonyl (C=O) groups excluding carboxylic acids is 1. The first-order chi connectivity index (χ1) is 11.7. The Balaban J connectivity index is 1.48. The second-order valence-corrected chi connectivity index (χ2v) is 6.94. The third kappa shape index (κ3) is 4.15. The van der Waals surface area contributed by atoms with Gasteiger partial charge in [-0.15, -0.1) is 0 Å². The van der Waals surface area contributed by atoms with Crippen LogP contribution in [0.15, 0.2) is 30.3 Å². The molecule has 5 nitrogen and oxygen atoms in total. The summed E-state index contributed by atoms with van der Waals surface area (Å²) in [6, 6.07) is 10.5. The summed E-state index contributed by atoms with van der Waals surface area (Å²) in [7, 11) is 1.61. The van der Waals surface area contributed by atoms with Gasteiger partial charge < -0.3 is 14.7 Å². The van der Waals surface area contributed by atoms with Gasteiger partial charge in [-0.3, -0.25) is 9.69 Å². The number of rotatable bonds is 4. The van der Waals surface area contributed by atoms with Crippen LogP contribution in [0.2, 0.25) is 0 Å². The first-order valence-electron chi connectivity index (χ1n) is 8.93. The van der Waals surface area contributed by atoms with Crippen LogP contribution in [0.3, 0.4) is 0 Å². The number of piperazine rings is 1. The van der Waals surface area contributed by atoms with Crippen molar-refractivity contribution in [2.45, 2.75) is 38.0 Å². The van der Waals surface area contributed by atoms with E-state index in [0.717, 1.165) is 39.1 Å². The lowest BCUT2D eigenvalue weighted by atomic mass is 9.84. The predicted molar refractivity (Wildman–Crippen MR) is 92.4 cm³/mol. The zero-order valence-corrected chi connectivity index (χ0v) is 14.4. The molecule has 0 spiro atoms. The van der Waals surface area contributed by atoms with E-state index in [0.29, 0.717) is 12.8 Å². The minimum Gasteiger partial charge on any atom is -0.390 e. The van der Waals surface area contributed by atoms with Crippen molar-refractivity contribution in [3.8, 4) is 0 Å². The van der Waals surface area contributed by atoms with Crippen molar-refractivity contribution in [2.75, 3.05) is 33.3 Å². The third-order valence-electron chi connectivity index (χ3n) is 5.34. The van der Waals surface area contributed by atoms with Gasteiger partial charge in [0, 0.05) is 45.8 Å². The molecule has 1 aromatic carbocycles. The Morgan fingerprint density at radius 3 is 2.54 bits per heavy atom. The highest BCUT2D eigenvalue weighted by molar-refractivity contribution is 5.79. The maximum absolute atomic E-state index is 12.8. The molecule has 0 radical (unpaired) electrons. The SMILES string of the molecule is CO[C@@H]1C[C@H](C(=O)N2CCN(Cc3ccccc3)CC2)CC[C@@H]1O. The van der Waals surface area contributed by atoms with Crippen LogP contribution in [0.1, 0.15) is 24.8 Å². The van der Waals surface area contributed by atoms with E-state index in [1.54, 1.807) is 7.11 Å². The second-order valence-electron chi connectivity index (χ2n) is 6.94. The molecular weight excluding hydrogens is 304 g/mol. The zero-order chi connectivity index (χ0) is 16.9. The highest BCUT2D eigenvalue weighted by Gasteiger charge is 2.35. The summed E-state index contributed by atoms with van der Waals surface area (Å²) in [4.78, 5) is 17.2. The molecule has 1 heterocycles. The molecule has 0 unspecified atom stereocenters. The summed E-state index contributed by atoms with van der Waals surface area (Å²) in [6.07, 6.45) is 1.43. The predicted octanol–water partition coefficient (Wildman–Crippen LogP) is 1.51. The number of benzene rings is 1. The lowest BCUT2D eigenvalue weighted by Gasteiger charge is -2.39. The van der Waals surface area contributed by atoms with Gasteiger partial charge in [0.25, 0.3) is 0 Å². The standard InChI is InChI=1S/C19H28N2O3/c1-24-18-13-16(7-8-17(18)22)19(23)21-11-9-20(10-12-21)14-15-5-3-2-4-6-15/h2-6,16-18,22H,7-14H2,1H3/t16-,17+,18-/m1/s1. The van der Waals surface area contributed by atoms with Crippen LogP contribution in [-0.4, -0.2) is 66.3 Å². The van der Waals surface area contributed by atoms with Gasteiger partial charge in [-0.2, -0.15) is 0 Å². The van der Waals surface area contributed by atoms with Crippen molar-refractivity contribution in [1.29, 1.82) is 0 Å². The normalized spacial score (nSPS) is 28.8. The monoisotopic (exact) mass is 332 g/mol. The second kappa shape index (κ2) is 8.10. The number of hydrogen-bond acceptors (Lipinski definition) is 4. The van der Waals surface area contributed by atoms with E-state index in [4.69, 9.17) is 4.74 Å². The molecule has 1 saturated carbocycles. The Hall–Kier alpha value is -1.43. The van der Waals surface area contributed by atoms with Crippen molar-refractivity contribution < 1.29 is 14.6 Å². The van der Waals surface area contributed by atoms with Crippen molar-refractivity contribution >= 4 is 5.91 Å². The number of hydrogen-bond donors (Lipinski definition) is 1. The van der Waals surface area contributed by atoms with E-state index in [-0.39, 0.29) is 17.9 Å². The third-order valence-corrected chi connectivity index (χ3v) is 5.34. The largest absolute Gasteiger partial charge is 0.390 e. The van der Waals surface area contributed by atoms with Gasteiger partial charge in [0.1, 0.15) is 0 Å². The molecule has 24 heavy (non-hydrogen) atoms. The summed E-state index contributed by atoms with van der Waals surface area (Å²) in [5, 5.41) is 9.90. The minimum atomic E-state index is -0.429. The Labute approximate surface area is 144 Å². The van der Waals surface area contributed by atoms with Gasteiger partial charge in [-0.1, -0.05) is 30.3 Å². The fourth-order valence-electron chi connectivity index (χ4n) is 3.82. The molecule has 3 rings (SSSR count). The highest BCUT2D eigenvalue weighted by atomic mass is 16.5. The van der Waals surface area contributed by atoms with Crippen molar-refractivity contribution in [1.82, 2.24) is 9.80 Å². The van der Waals surface area contributed by atoms with E-state index in [1.165, 1.54) is 5.56 Å². The van der Waals surface area contributed by atoms with E-state index >= 15 is 0 Å². The summed E-state index contributed by atoms with van der Waals surface area (Å²) in [5.41, 5.74) is 1.32. The van der Waals surface area contributed by atoms with Gasteiger partial charge in [-0.05, 0) is 24.8 Å². The summed E-state index contributed by atoms with van der Waals surface area (Å²) < 4.78 is 5.33. The van der Waals surface area contributed by atoms with Gasteiger partial charge in [-0.25, -0.2) is 0 Å². The average molecular weight is 332 g/mol. The lowest BCUT2D eigenvalue weighted by Crippen LogP contribution is -2.51. The van der Waals surface area contributed by atoms with Crippen LogP contribution >= 0.6 is 0 Å². The van der Waals surface area contributed by atoms with Crippen molar-refractivity contribution in [3.63, 3.8) is 0 Å². The van der Waals surface area contributed by atoms with Crippen LogP contribution in [-0.2, 0) is 16.1 Å². The molecule has 0 bridgehead atoms. The van der Waals surface area contributed by atoms with Crippen molar-refractivity contribution in [2.24, 2.45) is 5.92 Å². The minimum absolute atomic E-state index is 0.000904. The molecular formula is C19H28N2O3. The maximum atomic E-state index is 12.8. The smallest absolute Gasteiger partial charge is 0.225 e. The van der Waals surface area contributed by atoms with Gasteiger partial charge in [0.05, 0.1) is 12.2 Å². The quantitative estimate of drug-likeness (QED) is 0.908. The van der Waals surface area contributed by atoms with E-state index in [2.05, 4.69) is 29.2 Å². The van der Waals surface area contributed by atoms with Crippen LogP contribution < -0.4 is 0 Å². The van der Waals surface area contributed by atoms with Crippen molar-refractivity contribution in [3.05, 3.63) is 35.9 Å². The number of amides is 1. The molecule has 2 fully saturated rings. The van der Waals surface area contributed by atoms with Crippen LogP contribution in [0.5, 0.6) is 0 Å². The van der Waals surface area contributed by atoms with Crippen LogP contribution in [0.25, 0.3) is 0 Å². The average Bonchev–Trinajstić information content (AvgIpc) is 2.63. The maximum Gasteiger partial charge on any atom is 0.225 e. The molecule has 1 saturated heterocycles.